The molecule has 1 saturated heterocycles. The number of carbonyl (C=O) groups excluding carboxylic acids is 1. The van der Waals surface area contributed by atoms with E-state index in [0.717, 1.165) is 37.1 Å². The predicted octanol–water partition coefficient (Wildman–Crippen LogP) is 0.923. The molecule has 25 heavy (non-hydrogen) atoms. The third-order valence-corrected chi connectivity index (χ3v) is 5.08. The molecule has 4 rings (SSSR count). The molecule has 2 fully saturated rings. The van der Waals surface area contributed by atoms with E-state index in [1.54, 1.807) is 4.90 Å². The third kappa shape index (κ3) is 2.92. The van der Waals surface area contributed by atoms with Crippen molar-refractivity contribution in [3.05, 3.63) is 50.1 Å². The molecular weight excluding hydrogens is 322 g/mol. The van der Waals surface area contributed by atoms with Crippen LogP contribution in [0.3, 0.4) is 0 Å². The summed E-state index contributed by atoms with van der Waals surface area (Å²) in [6.07, 6.45) is 4.52. The van der Waals surface area contributed by atoms with Crippen LogP contribution in [0.4, 0.5) is 0 Å². The van der Waals surface area contributed by atoms with Crippen molar-refractivity contribution in [1.82, 2.24) is 24.6 Å². The Morgan fingerprint density at radius 2 is 1.92 bits per heavy atom. The lowest BCUT2D eigenvalue weighted by molar-refractivity contribution is 0.0709. The third-order valence-electron chi connectivity index (χ3n) is 5.08. The van der Waals surface area contributed by atoms with Gasteiger partial charge >= 0.3 is 5.69 Å². The molecule has 1 aliphatic heterocycles. The minimum absolute atomic E-state index is 0.0561. The fourth-order valence-corrected chi connectivity index (χ4v) is 3.50. The summed E-state index contributed by atoms with van der Waals surface area (Å²) in [5.74, 6) is 0.0278. The SMILES string of the molecule is Cc1cc(C2CCN(C(=O)c3c[nH]c(=O)n(C4CC4)c3=O)CC2)n[nH]1. The molecule has 2 N–H and O–H groups in total. The van der Waals surface area contributed by atoms with Gasteiger partial charge in [-0.3, -0.25) is 19.3 Å². The van der Waals surface area contributed by atoms with Crippen LogP contribution in [-0.4, -0.2) is 43.6 Å². The maximum absolute atomic E-state index is 12.7. The number of hydrogen-bond donors (Lipinski definition) is 2. The van der Waals surface area contributed by atoms with Crippen LogP contribution in [0.2, 0.25) is 0 Å². The summed E-state index contributed by atoms with van der Waals surface area (Å²) in [5, 5.41) is 7.26. The molecular formula is C17H21N5O3. The van der Waals surface area contributed by atoms with Crippen molar-refractivity contribution in [3.8, 4) is 0 Å². The van der Waals surface area contributed by atoms with Gasteiger partial charge in [-0.2, -0.15) is 5.10 Å². The summed E-state index contributed by atoms with van der Waals surface area (Å²) in [6, 6.07) is 1.98. The van der Waals surface area contributed by atoms with E-state index in [0.29, 0.717) is 19.0 Å². The molecule has 0 unspecified atom stereocenters. The number of aromatic nitrogens is 4. The minimum atomic E-state index is -0.471. The first-order chi connectivity index (χ1) is 12.0. The van der Waals surface area contributed by atoms with Crippen LogP contribution in [0, 0.1) is 6.92 Å². The maximum Gasteiger partial charge on any atom is 0.328 e. The first-order valence-corrected chi connectivity index (χ1v) is 8.70. The zero-order valence-electron chi connectivity index (χ0n) is 14.1. The Morgan fingerprint density at radius 1 is 1.20 bits per heavy atom. The van der Waals surface area contributed by atoms with Gasteiger partial charge in [0.2, 0.25) is 0 Å². The van der Waals surface area contributed by atoms with E-state index in [-0.39, 0.29) is 17.5 Å². The average Bonchev–Trinajstić information content (AvgIpc) is 3.34. The zero-order chi connectivity index (χ0) is 17.6. The molecule has 2 aromatic rings. The standard InChI is InChI=1S/C17H21N5O3/c1-10-8-14(20-19-10)11-4-6-21(7-5-11)15(23)13-9-18-17(25)22(16(13)24)12-2-3-12/h8-9,11-12H,2-7H2,1H3,(H,18,25)(H,19,20). The van der Waals surface area contributed by atoms with Gasteiger partial charge in [-0.15, -0.1) is 0 Å². The highest BCUT2D eigenvalue weighted by Crippen LogP contribution is 2.32. The maximum atomic E-state index is 12.7. The lowest BCUT2D eigenvalue weighted by Gasteiger charge is -2.31. The number of piperidine rings is 1. The molecule has 1 amide bonds. The number of H-pyrrole nitrogens is 2. The number of aromatic amines is 2. The number of hydrogen-bond acceptors (Lipinski definition) is 4. The molecule has 1 saturated carbocycles. The highest BCUT2D eigenvalue weighted by molar-refractivity contribution is 5.93. The molecule has 0 radical (unpaired) electrons. The van der Waals surface area contributed by atoms with Gasteiger partial charge in [-0.05, 0) is 38.7 Å². The molecule has 3 heterocycles. The molecule has 8 nitrogen and oxygen atoms in total. The lowest BCUT2D eigenvalue weighted by Crippen LogP contribution is -2.44. The van der Waals surface area contributed by atoms with E-state index in [2.05, 4.69) is 15.2 Å². The minimum Gasteiger partial charge on any atom is -0.338 e. The summed E-state index contributed by atoms with van der Waals surface area (Å²) in [7, 11) is 0. The van der Waals surface area contributed by atoms with Crippen molar-refractivity contribution >= 4 is 5.91 Å². The number of nitrogens with zero attached hydrogens (tertiary/aromatic N) is 3. The summed E-state index contributed by atoms with van der Waals surface area (Å²) < 4.78 is 1.19. The van der Waals surface area contributed by atoms with Gasteiger partial charge in [0.25, 0.3) is 11.5 Å². The number of likely N-dealkylation sites (tertiary alicyclic amines) is 1. The first-order valence-electron chi connectivity index (χ1n) is 8.70. The van der Waals surface area contributed by atoms with Crippen molar-refractivity contribution in [2.75, 3.05) is 13.1 Å². The molecule has 2 aromatic heterocycles. The van der Waals surface area contributed by atoms with Crippen LogP contribution in [0.15, 0.2) is 21.9 Å². The Hall–Kier alpha value is -2.64. The van der Waals surface area contributed by atoms with Gasteiger partial charge in [-0.1, -0.05) is 0 Å². The number of carbonyl (C=O) groups is 1. The van der Waals surface area contributed by atoms with E-state index in [4.69, 9.17) is 0 Å². The van der Waals surface area contributed by atoms with Crippen molar-refractivity contribution < 1.29 is 4.79 Å². The smallest absolute Gasteiger partial charge is 0.328 e. The topological polar surface area (TPSA) is 104 Å². The number of aryl methyl sites for hydroxylation is 1. The van der Waals surface area contributed by atoms with Crippen LogP contribution >= 0.6 is 0 Å². The summed E-state index contributed by atoms with van der Waals surface area (Å²) >= 11 is 0. The quantitative estimate of drug-likeness (QED) is 0.865. The van der Waals surface area contributed by atoms with E-state index in [9.17, 15) is 14.4 Å². The Labute approximate surface area is 143 Å². The predicted molar refractivity (Wildman–Crippen MR) is 90.8 cm³/mol. The molecule has 0 spiro atoms. The molecule has 1 aliphatic carbocycles. The van der Waals surface area contributed by atoms with Crippen molar-refractivity contribution in [3.63, 3.8) is 0 Å². The highest BCUT2D eigenvalue weighted by Gasteiger charge is 2.31. The Morgan fingerprint density at radius 3 is 2.52 bits per heavy atom. The van der Waals surface area contributed by atoms with Gasteiger partial charge in [0.1, 0.15) is 5.56 Å². The number of amides is 1. The molecule has 0 aromatic carbocycles. The Bertz CT molecular complexity index is 913. The highest BCUT2D eigenvalue weighted by atomic mass is 16.2. The second-order valence-corrected chi connectivity index (χ2v) is 6.96. The fourth-order valence-electron chi connectivity index (χ4n) is 3.50. The monoisotopic (exact) mass is 343 g/mol. The van der Waals surface area contributed by atoms with Gasteiger partial charge in [-0.25, -0.2) is 4.79 Å². The van der Waals surface area contributed by atoms with Crippen molar-refractivity contribution in [1.29, 1.82) is 0 Å². The Kier molecular flexibility index (Phi) is 3.82. The van der Waals surface area contributed by atoms with Gasteiger partial charge < -0.3 is 9.88 Å². The van der Waals surface area contributed by atoms with E-state index < -0.39 is 11.2 Å². The normalized spacial score (nSPS) is 18.5. The molecule has 0 bridgehead atoms. The van der Waals surface area contributed by atoms with Crippen molar-refractivity contribution in [2.45, 2.75) is 44.6 Å². The number of rotatable bonds is 3. The van der Waals surface area contributed by atoms with Crippen LogP contribution in [0.5, 0.6) is 0 Å². The number of nitrogens with one attached hydrogen (secondary N) is 2. The first kappa shape index (κ1) is 15.9. The second-order valence-electron chi connectivity index (χ2n) is 6.96. The van der Waals surface area contributed by atoms with Gasteiger partial charge in [0.05, 0.1) is 5.69 Å². The van der Waals surface area contributed by atoms with Gasteiger partial charge in [0, 0.05) is 36.9 Å². The van der Waals surface area contributed by atoms with Crippen LogP contribution in [-0.2, 0) is 0 Å². The van der Waals surface area contributed by atoms with Crippen molar-refractivity contribution in [2.24, 2.45) is 0 Å². The molecule has 2 aliphatic rings. The second kappa shape index (κ2) is 6.02. The molecule has 0 atom stereocenters. The van der Waals surface area contributed by atoms with Crippen LogP contribution in [0.1, 0.15) is 59.4 Å². The van der Waals surface area contributed by atoms with Crippen LogP contribution < -0.4 is 11.2 Å². The van der Waals surface area contributed by atoms with E-state index >= 15 is 0 Å². The average molecular weight is 343 g/mol. The fraction of sp³-hybridized carbons (Fsp3) is 0.529. The van der Waals surface area contributed by atoms with E-state index in [1.165, 1.54) is 10.8 Å². The summed E-state index contributed by atoms with van der Waals surface area (Å²) in [4.78, 5) is 41.3. The van der Waals surface area contributed by atoms with Crippen LogP contribution in [0.25, 0.3) is 0 Å². The summed E-state index contributed by atoms with van der Waals surface area (Å²) in [6.45, 7) is 3.13. The molecule has 8 heteroatoms. The lowest BCUT2D eigenvalue weighted by atomic mass is 9.93. The van der Waals surface area contributed by atoms with E-state index in [1.807, 2.05) is 13.0 Å². The largest absolute Gasteiger partial charge is 0.338 e. The summed E-state index contributed by atoms with van der Waals surface area (Å²) in [5.41, 5.74) is 1.21. The Balaban J connectivity index is 1.50. The van der Waals surface area contributed by atoms with Gasteiger partial charge in [0.15, 0.2) is 0 Å². The molecule has 132 valence electrons. The zero-order valence-corrected chi connectivity index (χ0v) is 14.1.